The Labute approximate surface area is 179 Å². The predicted molar refractivity (Wildman–Crippen MR) is 120 cm³/mol. The van der Waals surface area contributed by atoms with Crippen LogP contribution in [0.25, 0.3) is 10.9 Å². The minimum atomic E-state index is -0.175. The fraction of sp³-hybridized carbons (Fsp3) is 0.120. The van der Waals surface area contributed by atoms with E-state index in [1.807, 2.05) is 42.5 Å². The van der Waals surface area contributed by atoms with Crippen molar-refractivity contribution >= 4 is 22.5 Å². The SMILES string of the molecule is Cc1nc2ccc(NC(=O)Cc3ccccc3)cc2c(=O)n1Cc1ccc(C#N)cc1. The van der Waals surface area contributed by atoms with Crippen molar-refractivity contribution in [3.8, 4) is 6.07 Å². The summed E-state index contributed by atoms with van der Waals surface area (Å²) in [6.07, 6.45) is 0.258. The molecule has 6 heteroatoms. The molecule has 1 heterocycles. The summed E-state index contributed by atoms with van der Waals surface area (Å²) >= 11 is 0. The summed E-state index contributed by atoms with van der Waals surface area (Å²) in [6, 6.07) is 23.8. The van der Waals surface area contributed by atoms with Crippen LogP contribution >= 0.6 is 0 Å². The van der Waals surface area contributed by atoms with Gasteiger partial charge in [0.2, 0.25) is 5.91 Å². The van der Waals surface area contributed by atoms with Crippen LogP contribution in [0.3, 0.4) is 0 Å². The molecule has 0 aliphatic rings. The number of nitriles is 1. The zero-order chi connectivity index (χ0) is 21.8. The van der Waals surface area contributed by atoms with Gasteiger partial charge in [-0.25, -0.2) is 4.98 Å². The molecule has 6 nitrogen and oxygen atoms in total. The molecule has 0 saturated carbocycles. The largest absolute Gasteiger partial charge is 0.326 e. The zero-order valence-electron chi connectivity index (χ0n) is 17.0. The van der Waals surface area contributed by atoms with Crippen LogP contribution < -0.4 is 10.9 Å². The number of fused-ring (bicyclic) bond motifs is 1. The number of carbonyl (C=O) groups excluding carboxylic acids is 1. The number of aromatic nitrogens is 2. The second-order valence-electron chi connectivity index (χ2n) is 7.30. The number of nitrogens with one attached hydrogen (secondary N) is 1. The van der Waals surface area contributed by atoms with Gasteiger partial charge in [-0.15, -0.1) is 0 Å². The maximum atomic E-state index is 13.2. The molecule has 0 atom stereocenters. The van der Waals surface area contributed by atoms with Gasteiger partial charge in [-0.1, -0.05) is 42.5 Å². The number of carbonyl (C=O) groups is 1. The first kappa shape index (κ1) is 20.0. The van der Waals surface area contributed by atoms with Crippen molar-refractivity contribution in [2.75, 3.05) is 5.32 Å². The Morgan fingerprint density at radius 1 is 1.03 bits per heavy atom. The van der Waals surface area contributed by atoms with Gasteiger partial charge in [0.25, 0.3) is 5.56 Å². The number of aryl methyl sites for hydroxylation is 1. The normalized spacial score (nSPS) is 10.6. The highest BCUT2D eigenvalue weighted by Crippen LogP contribution is 2.17. The van der Waals surface area contributed by atoms with Gasteiger partial charge in [0.05, 0.1) is 35.5 Å². The summed E-state index contributed by atoms with van der Waals surface area (Å²) in [7, 11) is 0. The molecule has 0 aliphatic heterocycles. The lowest BCUT2D eigenvalue weighted by Crippen LogP contribution is -2.24. The highest BCUT2D eigenvalue weighted by atomic mass is 16.1. The van der Waals surface area contributed by atoms with E-state index in [0.717, 1.165) is 11.1 Å². The summed E-state index contributed by atoms with van der Waals surface area (Å²) in [5.41, 5.74) is 3.35. The zero-order valence-corrected chi connectivity index (χ0v) is 17.0. The standard InChI is InChI=1S/C25H20N4O2/c1-17-27-23-12-11-21(28-24(30)13-18-5-3-2-4-6-18)14-22(23)25(31)29(17)16-20-9-7-19(15-26)8-10-20/h2-12,14H,13,16H2,1H3,(H,28,30). The van der Waals surface area contributed by atoms with E-state index in [-0.39, 0.29) is 17.9 Å². The summed E-state index contributed by atoms with van der Waals surface area (Å²) in [5, 5.41) is 12.3. The summed E-state index contributed by atoms with van der Waals surface area (Å²) in [4.78, 5) is 30.1. The summed E-state index contributed by atoms with van der Waals surface area (Å²) < 4.78 is 1.60. The fourth-order valence-electron chi connectivity index (χ4n) is 3.45. The Bertz CT molecular complexity index is 1350. The lowest BCUT2D eigenvalue weighted by atomic mass is 10.1. The molecule has 1 aromatic heterocycles. The van der Waals surface area contributed by atoms with E-state index in [9.17, 15) is 9.59 Å². The van der Waals surface area contributed by atoms with Crippen molar-refractivity contribution in [1.29, 1.82) is 5.26 Å². The molecule has 0 fully saturated rings. The summed E-state index contributed by atoms with van der Waals surface area (Å²) in [6.45, 7) is 2.14. The first-order valence-electron chi connectivity index (χ1n) is 9.87. The number of nitrogens with zero attached hydrogens (tertiary/aromatic N) is 3. The average molecular weight is 408 g/mol. The van der Waals surface area contributed by atoms with Gasteiger partial charge >= 0.3 is 0 Å². The van der Waals surface area contributed by atoms with Crippen molar-refractivity contribution in [2.45, 2.75) is 19.9 Å². The van der Waals surface area contributed by atoms with Crippen LogP contribution in [-0.4, -0.2) is 15.5 Å². The van der Waals surface area contributed by atoms with E-state index >= 15 is 0 Å². The maximum Gasteiger partial charge on any atom is 0.261 e. The van der Waals surface area contributed by atoms with Crippen LogP contribution in [0.4, 0.5) is 5.69 Å². The highest BCUT2D eigenvalue weighted by Gasteiger charge is 2.11. The molecule has 1 N–H and O–H groups in total. The quantitative estimate of drug-likeness (QED) is 0.544. The van der Waals surface area contributed by atoms with Gasteiger partial charge in [-0.2, -0.15) is 5.26 Å². The molecule has 1 amide bonds. The third-order valence-electron chi connectivity index (χ3n) is 5.06. The van der Waals surface area contributed by atoms with Gasteiger partial charge in [-0.3, -0.25) is 14.2 Å². The monoisotopic (exact) mass is 408 g/mol. The molecule has 4 aromatic rings. The Balaban J connectivity index is 1.61. The van der Waals surface area contributed by atoms with Gasteiger partial charge in [0.15, 0.2) is 0 Å². The Hall–Kier alpha value is -4.24. The molecule has 0 aliphatic carbocycles. The van der Waals surface area contributed by atoms with Crippen molar-refractivity contribution in [1.82, 2.24) is 9.55 Å². The van der Waals surface area contributed by atoms with E-state index in [4.69, 9.17) is 5.26 Å². The molecule has 3 aromatic carbocycles. The number of rotatable bonds is 5. The maximum absolute atomic E-state index is 13.2. The lowest BCUT2D eigenvalue weighted by Gasteiger charge is -2.12. The van der Waals surface area contributed by atoms with Gasteiger partial charge in [0, 0.05) is 5.69 Å². The van der Waals surface area contributed by atoms with E-state index in [1.165, 1.54) is 0 Å². The molecule has 0 saturated heterocycles. The van der Waals surface area contributed by atoms with E-state index in [2.05, 4.69) is 16.4 Å². The Kier molecular flexibility index (Phi) is 5.59. The molecule has 0 radical (unpaired) electrons. The van der Waals surface area contributed by atoms with Gasteiger partial charge in [0.1, 0.15) is 5.82 Å². The minimum Gasteiger partial charge on any atom is -0.326 e. The Morgan fingerprint density at radius 3 is 2.48 bits per heavy atom. The predicted octanol–water partition coefficient (Wildman–Crippen LogP) is 3.81. The smallest absolute Gasteiger partial charge is 0.261 e. The van der Waals surface area contributed by atoms with E-state index < -0.39 is 0 Å². The first-order valence-corrected chi connectivity index (χ1v) is 9.87. The fourth-order valence-corrected chi connectivity index (χ4v) is 3.45. The van der Waals surface area contributed by atoms with Crippen LogP contribution in [0.2, 0.25) is 0 Å². The highest BCUT2D eigenvalue weighted by molar-refractivity contribution is 5.94. The number of amides is 1. The van der Waals surface area contributed by atoms with E-state index in [0.29, 0.717) is 34.5 Å². The van der Waals surface area contributed by atoms with Crippen LogP contribution in [0.1, 0.15) is 22.5 Å². The van der Waals surface area contributed by atoms with Crippen LogP contribution in [-0.2, 0) is 17.8 Å². The number of hydrogen-bond acceptors (Lipinski definition) is 4. The van der Waals surface area contributed by atoms with Crippen LogP contribution in [0, 0.1) is 18.3 Å². The molecular formula is C25H20N4O2. The number of benzene rings is 3. The summed E-state index contributed by atoms with van der Waals surface area (Å²) in [5.74, 6) is 0.450. The second-order valence-corrected chi connectivity index (χ2v) is 7.30. The van der Waals surface area contributed by atoms with Crippen molar-refractivity contribution in [3.05, 3.63) is 106 Å². The van der Waals surface area contributed by atoms with Crippen molar-refractivity contribution in [3.63, 3.8) is 0 Å². The van der Waals surface area contributed by atoms with Crippen molar-refractivity contribution < 1.29 is 4.79 Å². The molecule has 0 spiro atoms. The van der Waals surface area contributed by atoms with Crippen molar-refractivity contribution in [2.24, 2.45) is 0 Å². The molecule has 31 heavy (non-hydrogen) atoms. The van der Waals surface area contributed by atoms with E-state index in [1.54, 1.807) is 41.8 Å². The second kappa shape index (κ2) is 8.64. The number of hydrogen-bond donors (Lipinski definition) is 1. The van der Waals surface area contributed by atoms with Crippen LogP contribution in [0.5, 0.6) is 0 Å². The Morgan fingerprint density at radius 2 is 1.77 bits per heavy atom. The van der Waals surface area contributed by atoms with Gasteiger partial charge in [-0.05, 0) is 48.4 Å². The number of anilines is 1. The third kappa shape index (κ3) is 4.51. The van der Waals surface area contributed by atoms with Gasteiger partial charge < -0.3 is 5.32 Å². The molecule has 0 unspecified atom stereocenters. The average Bonchev–Trinajstić information content (AvgIpc) is 2.78. The topological polar surface area (TPSA) is 87.8 Å². The van der Waals surface area contributed by atoms with Crippen LogP contribution in [0.15, 0.2) is 77.6 Å². The first-order chi connectivity index (χ1) is 15.0. The molecule has 152 valence electrons. The molecule has 0 bridgehead atoms. The lowest BCUT2D eigenvalue weighted by molar-refractivity contribution is -0.115. The minimum absolute atomic E-state index is 0.150. The molecule has 4 rings (SSSR count). The molecular weight excluding hydrogens is 388 g/mol. The third-order valence-corrected chi connectivity index (χ3v) is 5.06.